The van der Waals surface area contributed by atoms with Crippen LogP contribution in [0, 0.1) is 0 Å². The molecular formula is C10H11ClN2O2S. The van der Waals surface area contributed by atoms with E-state index in [9.17, 15) is 9.59 Å². The Morgan fingerprint density at radius 1 is 1.50 bits per heavy atom. The van der Waals surface area contributed by atoms with Crippen molar-refractivity contribution >= 4 is 35.3 Å². The SMILES string of the molecule is C[C@H](Sc1cccc(Cl)c1)C(=O)NC(N)=O. The van der Waals surface area contributed by atoms with Gasteiger partial charge < -0.3 is 5.73 Å². The molecule has 0 saturated carbocycles. The Morgan fingerprint density at radius 2 is 2.19 bits per heavy atom. The molecule has 3 amide bonds. The van der Waals surface area contributed by atoms with Gasteiger partial charge in [-0.1, -0.05) is 17.7 Å². The molecule has 0 heterocycles. The topological polar surface area (TPSA) is 72.2 Å². The van der Waals surface area contributed by atoms with Crippen LogP contribution in [-0.2, 0) is 4.79 Å². The van der Waals surface area contributed by atoms with Crippen molar-refractivity contribution in [3.63, 3.8) is 0 Å². The summed E-state index contributed by atoms with van der Waals surface area (Å²) in [5.74, 6) is -0.419. The Balaban J connectivity index is 2.60. The van der Waals surface area contributed by atoms with Crippen molar-refractivity contribution in [1.82, 2.24) is 5.32 Å². The van der Waals surface area contributed by atoms with E-state index in [2.05, 4.69) is 0 Å². The van der Waals surface area contributed by atoms with Crippen LogP contribution < -0.4 is 11.1 Å². The minimum absolute atomic E-state index is 0.411. The molecule has 6 heteroatoms. The third-order valence-electron chi connectivity index (χ3n) is 1.72. The molecule has 0 fully saturated rings. The predicted octanol–water partition coefficient (Wildman–Crippen LogP) is 2.02. The molecule has 0 aliphatic rings. The largest absolute Gasteiger partial charge is 0.351 e. The summed E-state index contributed by atoms with van der Waals surface area (Å²) in [7, 11) is 0. The number of carbonyl (C=O) groups excluding carboxylic acids is 2. The maximum Gasteiger partial charge on any atom is 0.318 e. The summed E-state index contributed by atoms with van der Waals surface area (Å²) in [5, 5.41) is 2.22. The number of carbonyl (C=O) groups is 2. The Morgan fingerprint density at radius 3 is 2.75 bits per heavy atom. The third kappa shape index (κ3) is 4.12. The minimum Gasteiger partial charge on any atom is -0.351 e. The fourth-order valence-electron chi connectivity index (χ4n) is 1.02. The summed E-state index contributed by atoms with van der Waals surface area (Å²) in [6.45, 7) is 1.68. The van der Waals surface area contributed by atoms with Crippen LogP contribution in [0.25, 0.3) is 0 Å². The van der Waals surface area contributed by atoms with Gasteiger partial charge in [-0.25, -0.2) is 4.79 Å². The standard InChI is InChI=1S/C10H11ClN2O2S/c1-6(9(14)13-10(12)15)16-8-4-2-3-7(11)5-8/h2-6H,1H3,(H3,12,13,14,15)/t6-/m0/s1. The molecule has 0 bridgehead atoms. The summed E-state index contributed by atoms with van der Waals surface area (Å²) in [5.41, 5.74) is 4.85. The molecule has 4 nitrogen and oxygen atoms in total. The molecule has 3 N–H and O–H groups in total. The lowest BCUT2D eigenvalue weighted by Gasteiger charge is -2.09. The number of thioether (sulfide) groups is 1. The maximum atomic E-state index is 11.4. The highest BCUT2D eigenvalue weighted by Crippen LogP contribution is 2.25. The Bertz CT molecular complexity index is 412. The Hall–Kier alpha value is -1.20. The molecule has 0 spiro atoms. The van der Waals surface area contributed by atoms with Gasteiger partial charge in [0.15, 0.2) is 0 Å². The third-order valence-corrected chi connectivity index (χ3v) is 3.05. The highest BCUT2D eigenvalue weighted by atomic mass is 35.5. The fraction of sp³-hybridized carbons (Fsp3) is 0.200. The summed E-state index contributed by atoms with van der Waals surface area (Å²) in [6.07, 6.45) is 0. The zero-order chi connectivity index (χ0) is 12.1. The number of amides is 3. The molecule has 1 atom stereocenters. The molecule has 86 valence electrons. The van der Waals surface area contributed by atoms with E-state index in [0.29, 0.717) is 5.02 Å². The van der Waals surface area contributed by atoms with E-state index in [0.717, 1.165) is 4.90 Å². The van der Waals surface area contributed by atoms with Gasteiger partial charge in [0.05, 0.1) is 5.25 Å². The number of urea groups is 1. The molecule has 0 aliphatic carbocycles. The second-order valence-electron chi connectivity index (χ2n) is 3.07. The number of nitrogens with one attached hydrogen (secondary N) is 1. The number of imide groups is 1. The first-order valence-electron chi connectivity index (χ1n) is 4.51. The summed E-state index contributed by atoms with van der Waals surface area (Å²) < 4.78 is 0. The Kier molecular flexibility index (Phi) is 4.64. The molecule has 0 aliphatic heterocycles. The second-order valence-corrected chi connectivity index (χ2v) is 4.92. The number of primary amides is 1. The minimum atomic E-state index is -0.844. The number of halogens is 1. The van der Waals surface area contributed by atoms with Crippen LogP contribution in [-0.4, -0.2) is 17.2 Å². The second kappa shape index (κ2) is 5.77. The molecule has 0 unspecified atom stereocenters. The fourth-order valence-corrected chi connectivity index (χ4v) is 2.20. The van der Waals surface area contributed by atoms with Crippen molar-refractivity contribution in [1.29, 1.82) is 0 Å². The molecule has 0 radical (unpaired) electrons. The van der Waals surface area contributed by atoms with Crippen LogP contribution >= 0.6 is 23.4 Å². The first-order chi connectivity index (χ1) is 7.49. The lowest BCUT2D eigenvalue weighted by atomic mass is 10.4. The van der Waals surface area contributed by atoms with Gasteiger partial charge in [-0.3, -0.25) is 10.1 Å². The first kappa shape index (κ1) is 12.9. The number of rotatable bonds is 3. The van der Waals surface area contributed by atoms with Gasteiger partial charge in [0.2, 0.25) is 5.91 Å². The van der Waals surface area contributed by atoms with Crippen LogP contribution in [0.1, 0.15) is 6.92 Å². The lowest BCUT2D eigenvalue weighted by molar-refractivity contribution is -0.119. The summed E-state index contributed by atoms with van der Waals surface area (Å²) in [4.78, 5) is 22.7. The normalized spacial score (nSPS) is 11.9. The summed E-state index contributed by atoms with van der Waals surface area (Å²) in [6, 6.07) is 6.29. The van der Waals surface area contributed by atoms with Crippen LogP contribution in [0.15, 0.2) is 29.2 Å². The average Bonchev–Trinajstić information content (AvgIpc) is 2.16. The van der Waals surface area contributed by atoms with Crippen molar-refractivity contribution in [2.24, 2.45) is 5.73 Å². The van der Waals surface area contributed by atoms with Crippen LogP contribution in [0.5, 0.6) is 0 Å². The predicted molar refractivity (Wildman–Crippen MR) is 64.5 cm³/mol. The van der Waals surface area contributed by atoms with Gasteiger partial charge in [0.25, 0.3) is 0 Å². The van der Waals surface area contributed by atoms with E-state index in [1.165, 1.54) is 11.8 Å². The first-order valence-corrected chi connectivity index (χ1v) is 5.77. The average molecular weight is 259 g/mol. The van der Waals surface area contributed by atoms with Crippen molar-refractivity contribution in [2.75, 3.05) is 0 Å². The van der Waals surface area contributed by atoms with E-state index in [1.54, 1.807) is 25.1 Å². The van der Waals surface area contributed by atoms with Crippen LogP contribution in [0.2, 0.25) is 5.02 Å². The highest BCUT2D eigenvalue weighted by molar-refractivity contribution is 8.00. The van der Waals surface area contributed by atoms with Crippen molar-refractivity contribution in [2.45, 2.75) is 17.1 Å². The van der Waals surface area contributed by atoms with E-state index < -0.39 is 17.2 Å². The molecule has 1 aromatic carbocycles. The zero-order valence-corrected chi connectivity index (χ0v) is 10.1. The van der Waals surface area contributed by atoms with Crippen LogP contribution in [0.4, 0.5) is 4.79 Å². The molecule has 1 rings (SSSR count). The molecule has 0 saturated heterocycles. The maximum absolute atomic E-state index is 11.4. The van der Waals surface area contributed by atoms with Gasteiger partial charge in [0.1, 0.15) is 0 Å². The lowest BCUT2D eigenvalue weighted by Crippen LogP contribution is -2.39. The van der Waals surface area contributed by atoms with Gasteiger partial charge in [0, 0.05) is 9.92 Å². The van der Waals surface area contributed by atoms with Gasteiger partial charge in [-0.15, -0.1) is 11.8 Å². The molecule has 1 aromatic rings. The smallest absolute Gasteiger partial charge is 0.318 e. The van der Waals surface area contributed by atoms with Crippen molar-refractivity contribution in [3.8, 4) is 0 Å². The van der Waals surface area contributed by atoms with Gasteiger partial charge in [-0.2, -0.15) is 0 Å². The summed E-state index contributed by atoms with van der Waals surface area (Å²) >= 11 is 7.11. The zero-order valence-electron chi connectivity index (χ0n) is 8.57. The number of benzene rings is 1. The highest BCUT2D eigenvalue weighted by Gasteiger charge is 2.15. The van der Waals surface area contributed by atoms with Crippen molar-refractivity contribution < 1.29 is 9.59 Å². The molecule has 0 aromatic heterocycles. The van der Waals surface area contributed by atoms with E-state index in [1.807, 2.05) is 11.4 Å². The number of hydrogen-bond acceptors (Lipinski definition) is 3. The van der Waals surface area contributed by atoms with E-state index in [4.69, 9.17) is 17.3 Å². The van der Waals surface area contributed by atoms with Crippen molar-refractivity contribution in [3.05, 3.63) is 29.3 Å². The quantitative estimate of drug-likeness (QED) is 0.815. The Labute approximate surface area is 103 Å². The molecule has 16 heavy (non-hydrogen) atoms. The number of hydrogen-bond donors (Lipinski definition) is 2. The van der Waals surface area contributed by atoms with E-state index >= 15 is 0 Å². The van der Waals surface area contributed by atoms with Crippen LogP contribution in [0.3, 0.4) is 0 Å². The van der Waals surface area contributed by atoms with Gasteiger partial charge >= 0.3 is 6.03 Å². The van der Waals surface area contributed by atoms with E-state index in [-0.39, 0.29) is 0 Å². The van der Waals surface area contributed by atoms with Gasteiger partial charge in [-0.05, 0) is 25.1 Å². The number of nitrogens with two attached hydrogens (primary N) is 1. The molecular weight excluding hydrogens is 248 g/mol. The monoisotopic (exact) mass is 258 g/mol.